The number of halogens is 3. The van der Waals surface area contributed by atoms with Crippen LogP contribution in [0, 0.1) is 16.7 Å². The predicted octanol–water partition coefficient (Wildman–Crippen LogP) is 3.76. The van der Waals surface area contributed by atoms with E-state index in [-0.39, 0.29) is 29.6 Å². The molecule has 2 rings (SSSR count). The summed E-state index contributed by atoms with van der Waals surface area (Å²) in [5.74, 6) is 0.688. The van der Waals surface area contributed by atoms with E-state index in [1.54, 1.807) is 0 Å². The van der Waals surface area contributed by atoms with Gasteiger partial charge in [0.25, 0.3) is 0 Å². The Labute approximate surface area is 119 Å². The lowest BCUT2D eigenvalue weighted by molar-refractivity contribution is -0.127. The Morgan fingerprint density at radius 1 is 1.30 bits per heavy atom. The molecule has 0 spiro atoms. The normalized spacial score (nSPS) is 37.4. The Morgan fingerprint density at radius 3 is 2.40 bits per heavy atom. The maximum absolute atomic E-state index is 12.1. The third kappa shape index (κ3) is 2.84. The van der Waals surface area contributed by atoms with Crippen LogP contribution in [-0.4, -0.2) is 31.5 Å². The number of rotatable bonds is 5. The molecule has 2 saturated carbocycles. The lowest BCUT2D eigenvalue weighted by Crippen LogP contribution is -2.41. The van der Waals surface area contributed by atoms with Crippen molar-refractivity contribution in [3.05, 3.63) is 0 Å². The zero-order valence-electron chi connectivity index (χ0n) is 12.8. The van der Waals surface area contributed by atoms with E-state index in [4.69, 9.17) is 4.74 Å². The van der Waals surface area contributed by atoms with Gasteiger partial charge in [-0.1, -0.05) is 20.8 Å². The highest BCUT2D eigenvalue weighted by Crippen LogP contribution is 2.66. The molecule has 1 N–H and O–H groups in total. The van der Waals surface area contributed by atoms with Crippen molar-refractivity contribution in [2.24, 2.45) is 16.7 Å². The van der Waals surface area contributed by atoms with E-state index in [2.05, 4.69) is 26.1 Å². The quantitative estimate of drug-likeness (QED) is 0.833. The van der Waals surface area contributed by atoms with Crippen molar-refractivity contribution in [3.63, 3.8) is 0 Å². The van der Waals surface area contributed by atoms with Crippen molar-refractivity contribution in [2.45, 2.75) is 65.3 Å². The van der Waals surface area contributed by atoms with Crippen LogP contribution < -0.4 is 5.32 Å². The summed E-state index contributed by atoms with van der Waals surface area (Å²) < 4.78 is 42.3. The van der Waals surface area contributed by atoms with Gasteiger partial charge in [0, 0.05) is 6.54 Å². The maximum atomic E-state index is 12.1. The van der Waals surface area contributed by atoms with Crippen molar-refractivity contribution in [1.82, 2.24) is 5.32 Å². The van der Waals surface area contributed by atoms with Gasteiger partial charge in [-0.15, -0.1) is 0 Å². The molecule has 2 aliphatic carbocycles. The van der Waals surface area contributed by atoms with E-state index in [1.807, 2.05) is 6.92 Å². The molecule has 0 aromatic heterocycles. The van der Waals surface area contributed by atoms with E-state index in [1.165, 1.54) is 6.42 Å². The van der Waals surface area contributed by atoms with Gasteiger partial charge >= 0.3 is 6.18 Å². The maximum Gasteiger partial charge on any atom is 0.401 e. The van der Waals surface area contributed by atoms with Gasteiger partial charge in [0.2, 0.25) is 0 Å². The van der Waals surface area contributed by atoms with Gasteiger partial charge in [0.15, 0.2) is 0 Å². The van der Waals surface area contributed by atoms with Gasteiger partial charge in [-0.25, -0.2) is 0 Å². The number of ether oxygens (including phenoxy) is 1. The molecule has 0 heterocycles. The largest absolute Gasteiger partial charge is 0.401 e. The van der Waals surface area contributed by atoms with Crippen molar-refractivity contribution >= 4 is 0 Å². The molecule has 4 atom stereocenters. The summed E-state index contributed by atoms with van der Waals surface area (Å²) in [7, 11) is 0. The minimum Gasteiger partial charge on any atom is -0.373 e. The summed E-state index contributed by atoms with van der Waals surface area (Å²) in [5.41, 5.74) is 0.437. The Balaban J connectivity index is 1.83. The SMILES string of the molecule is CC(CNCC(F)(F)F)OC1CC2CCC1(C)C2(C)C. The highest BCUT2D eigenvalue weighted by atomic mass is 19.4. The molecule has 0 saturated heterocycles. The smallest absolute Gasteiger partial charge is 0.373 e. The molecule has 5 heteroatoms. The topological polar surface area (TPSA) is 21.3 Å². The molecule has 4 unspecified atom stereocenters. The third-order valence-corrected chi connectivity index (χ3v) is 5.87. The second-order valence-corrected chi connectivity index (χ2v) is 7.29. The molecule has 0 radical (unpaired) electrons. The molecule has 2 fully saturated rings. The van der Waals surface area contributed by atoms with Crippen molar-refractivity contribution in [2.75, 3.05) is 13.1 Å². The van der Waals surface area contributed by atoms with E-state index in [0.717, 1.165) is 12.8 Å². The number of alkyl halides is 3. The van der Waals surface area contributed by atoms with Gasteiger partial charge in [-0.2, -0.15) is 13.2 Å². The van der Waals surface area contributed by atoms with Crippen molar-refractivity contribution in [3.8, 4) is 0 Å². The van der Waals surface area contributed by atoms with E-state index in [9.17, 15) is 13.2 Å². The van der Waals surface area contributed by atoms with Gasteiger partial charge in [0.1, 0.15) is 0 Å². The minimum absolute atomic E-state index is 0.163. The van der Waals surface area contributed by atoms with Gasteiger partial charge in [-0.05, 0) is 42.9 Å². The summed E-state index contributed by atoms with van der Waals surface area (Å²) >= 11 is 0. The predicted molar refractivity (Wildman–Crippen MR) is 72.5 cm³/mol. The summed E-state index contributed by atoms with van der Waals surface area (Å²) in [6.07, 6.45) is -0.691. The van der Waals surface area contributed by atoms with Crippen LogP contribution in [-0.2, 0) is 4.74 Å². The molecule has 0 aromatic rings. The van der Waals surface area contributed by atoms with E-state index in [0.29, 0.717) is 5.92 Å². The lowest BCUT2D eigenvalue weighted by atomic mass is 9.70. The van der Waals surface area contributed by atoms with Crippen LogP contribution in [0.2, 0.25) is 0 Å². The first kappa shape index (κ1) is 16.1. The molecule has 118 valence electrons. The molecule has 0 aromatic carbocycles. The van der Waals surface area contributed by atoms with Gasteiger partial charge in [-0.3, -0.25) is 0 Å². The molecule has 2 aliphatic rings. The highest BCUT2D eigenvalue weighted by molar-refractivity contribution is 5.11. The molecule has 0 aliphatic heterocycles. The molecular weight excluding hydrogens is 267 g/mol. The monoisotopic (exact) mass is 293 g/mol. The number of fused-ring (bicyclic) bond motifs is 2. The number of nitrogens with one attached hydrogen (secondary N) is 1. The van der Waals surface area contributed by atoms with Crippen LogP contribution in [0.3, 0.4) is 0 Å². The minimum atomic E-state index is -4.15. The average Bonchev–Trinajstić information content (AvgIpc) is 2.60. The van der Waals surface area contributed by atoms with Crippen LogP contribution in [0.15, 0.2) is 0 Å². The Kier molecular flexibility index (Phi) is 4.15. The molecule has 20 heavy (non-hydrogen) atoms. The van der Waals surface area contributed by atoms with E-state index < -0.39 is 12.7 Å². The van der Waals surface area contributed by atoms with Crippen LogP contribution >= 0.6 is 0 Å². The van der Waals surface area contributed by atoms with Crippen LogP contribution in [0.1, 0.15) is 47.0 Å². The zero-order valence-corrected chi connectivity index (χ0v) is 12.8. The fourth-order valence-corrected chi connectivity index (χ4v) is 4.08. The number of hydrogen-bond donors (Lipinski definition) is 1. The Hall–Kier alpha value is -0.290. The third-order valence-electron chi connectivity index (χ3n) is 5.87. The van der Waals surface area contributed by atoms with Crippen molar-refractivity contribution < 1.29 is 17.9 Å². The average molecular weight is 293 g/mol. The summed E-state index contributed by atoms with van der Waals surface area (Å²) in [6, 6.07) is 0. The molecule has 2 bridgehead atoms. The first-order valence-electron chi connectivity index (χ1n) is 7.49. The molecule has 2 nitrogen and oxygen atoms in total. The van der Waals surface area contributed by atoms with Crippen LogP contribution in [0.4, 0.5) is 13.2 Å². The zero-order chi connectivity index (χ0) is 15.2. The second-order valence-electron chi connectivity index (χ2n) is 7.29. The summed E-state index contributed by atoms with van der Waals surface area (Å²) in [5, 5.41) is 2.43. The Bertz CT molecular complexity index is 356. The lowest BCUT2D eigenvalue weighted by Gasteiger charge is -2.40. The van der Waals surface area contributed by atoms with Crippen LogP contribution in [0.25, 0.3) is 0 Å². The van der Waals surface area contributed by atoms with E-state index >= 15 is 0 Å². The first-order valence-corrected chi connectivity index (χ1v) is 7.49. The standard InChI is InChI=1S/C15H26F3NO/c1-10(8-19-9-15(16,17)18)20-12-7-11-5-6-14(12,4)13(11,2)3/h10-12,19H,5-9H2,1-4H3. The fraction of sp³-hybridized carbons (Fsp3) is 1.00. The number of hydrogen-bond acceptors (Lipinski definition) is 2. The molecular formula is C15H26F3NO. The fourth-order valence-electron chi connectivity index (χ4n) is 4.08. The summed E-state index contributed by atoms with van der Waals surface area (Å²) in [6.45, 7) is 8.04. The second kappa shape index (κ2) is 5.16. The van der Waals surface area contributed by atoms with Gasteiger partial charge < -0.3 is 10.1 Å². The summed E-state index contributed by atoms with van der Waals surface area (Å²) in [4.78, 5) is 0. The van der Waals surface area contributed by atoms with Gasteiger partial charge in [0.05, 0.1) is 18.8 Å². The highest BCUT2D eigenvalue weighted by Gasteiger charge is 2.62. The Morgan fingerprint density at radius 2 is 1.95 bits per heavy atom. The van der Waals surface area contributed by atoms with Crippen LogP contribution in [0.5, 0.6) is 0 Å². The molecule has 0 amide bonds. The van der Waals surface area contributed by atoms with Crippen molar-refractivity contribution in [1.29, 1.82) is 0 Å². The first-order chi connectivity index (χ1) is 9.06.